The molecule has 0 aliphatic heterocycles. The fourth-order valence-electron chi connectivity index (χ4n) is 3.46. The van der Waals surface area contributed by atoms with Gasteiger partial charge in [0.05, 0.1) is 11.4 Å². The molecule has 4 heterocycles. The van der Waals surface area contributed by atoms with Crippen molar-refractivity contribution >= 4 is 22.1 Å². The number of para-hydroxylation sites is 1. The van der Waals surface area contributed by atoms with Gasteiger partial charge in [0.2, 0.25) is 5.71 Å². The van der Waals surface area contributed by atoms with Gasteiger partial charge in [-0.2, -0.15) is 5.10 Å². The van der Waals surface area contributed by atoms with E-state index in [2.05, 4.69) is 36.1 Å². The Balaban J connectivity index is 1.67. The fraction of sp³-hybridized carbons (Fsp3) is 0.174. The SMILES string of the molecule is Cc1ccc2c(n1)oc1c(-c3cccc(-c4ccn(C(C)C)n4)n3)cccc12. The van der Waals surface area contributed by atoms with Gasteiger partial charge in [0, 0.05) is 34.3 Å². The first kappa shape index (κ1) is 16.7. The molecule has 0 N–H and O–H groups in total. The minimum Gasteiger partial charge on any atom is -0.437 e. The molecule has 1 aromatic carbocycles. The molecule has 0 aliphatic carbocycles. The highest BCUT2D eigenvalue weighted by Gasteiger charge is 2.15. The Morgan fingerprint density at radius 1 is 0.821 bits per heavy atom. The number of aryl methyl sites for hydroxylation is 1. The third kappa shape index (κ3) is 2.67. The normalized spacial score (nSPS) is 11.7. The van der Waals surface area contributed by atoms with Crippen molar-refractivity contribution in [1.82, 2.24) is 19.7 Å². The number of fused-ring (bicyclic) bond motifs is 3. The van der Waals surface area contributed by atoms with Gasteiger partial charge in [0.15, 0.2) is 0 Å². The van der Waals surface area contributed by atoms with Gasteiger partial charge < -0.3 is 4.42 Å². The molecule has 5 nitrogen and oxygen atoms in total. The zero-order valence-electron chi connectivity index (χ0n) is 16.0. The van der Waals surface area contributed by atoms with Gasteiger partial charge in [-0.1, -0.05) is 18.2 Å². The molecule has 28 heavy (non-hydrogen) atoms. The van der Waals surface area contributed by atoms with Crippen LogP contribution in [-0.4, -0.2) is 19.7 Å². The Bertz CT molecular complexity index is 1310. The van der Waals surface area contributed by atoms with Gasteiger partial charge in [0.1, 0.15) is 11.3 Å². The van der Waals surface area contributed by atoms with E-state index in [1.807, 2.05) is 60.3 Å². The van der Waals surface area contributed by atoms with Crippen LogP contribution in [0.2, 0.25) is 0 Å². The zero-order valence-corrected chi connectivity index (χ0v) is 16.0. The summed E-state index contributed by atoms with van der Waals surface area (Å²) in [6, 6.07) is 18.5. The molecule has 0 amide bonds. The molecule has 0 radical (unpaired) electrons. The summed E-state index contributed by atoms with van der Waals surface area (Å²) >= 11 is 0. The summed E-state index contributed by atoms with van der Waals surface area (Å²) < 4.78 is 8.07. The summed E-state index contributed by atoms with van der Waals surface area (Å²) in [5.41, 5.74) is 5.94. The van der Waals surface area contributed by atoms with Crippen molar-refractivity contribution in [3.05, 3.63) is 66.5 Å². The topological polar surface area (TPSA) is 56.7 Å². The summed E-state index contributed by atoms with van der Waals surface area (Å²) in [7, 11) is 0. The minimum absolute atomic E-state index is 0.317. The van der Waals surface area contributed by atoms with Crippen LogP contribution in [0.15, 0.2) is 65.2 Å². The molecule has 0 atom stereocenters. The van der Waals surface area contributed by atoms with E-state index in [1.165, 1.54) is 0 Å². The van der Waals surface area contributed by atoms with Gasteiger partial charge in [-0.3, -0.25) is 4.68 Å². The highest BCUT2D eigenvalue weighted by atomic mass is 16.3. The first-order valence-corrected chi connectivity index (χ1v) is 9.42. The number of hydrogen-bond donors (Lipinski definition) is 0. The number of nitrogens with zero attached hydrogens (tertiary/aromatic N) is 4. The molecule has 0 spiro atoms. The zero-order chi connectivity index (χ0) is 19.3. The fourth-order valence-corrected chi connectivity index (χ4v) is 3.46. The molecule has 0 aliphatic rings. The van der Waals surface area contributed by atoms with Crippen LogP contribution >= 0.6 is 0 Å². The van der Waals surface area contributed by atoms with Crippen molar-refractivity contribution in [1.29, 1.82) is 0 Å². The largest absolute Gasteiger partial charge is 0.437 e. The molecule has 0 fully saturated rings. The molecule has 5 rings (SSSR count). The standard InChI is InChI=1S/C23H20N4O/c1-14(2)27-13-12-21(26-27)20-9-5-8-19(25-20)18-7-4-6-16-17-11-10-15(3)24-23(17)28-22(16)18/h4-14H,1-3H3. The van der Waals surface area contributed by atoms with E-state index in [1.54, 1.807) is 0 Å². The van der Waals surface area contributed by atoms with Crippen LogP contribution in [-0.2, 0) is 0 Å². The number of furan rings is 1. The van der Waals surface area contributed by atoms with E-state index in [0.717, 1.165) is 44.7 Å². The van der Waals surface area contributed by atoms with Crippen molar-refractivity contribution in [2.75, 3.05) is 0 Å². The molecule has 0 saturated carbocycles. The Morgan fingerprint density at radius 3 is 2.46 bits per heavy atom. The van der Waals surface area contributed by atoms with Crippen LogP contribution in [0.1, 0.15) is 25.6 Å². The molecule has 138 valence electrons. The summed E-state index contributed by atoms with van der Waals surface area (Å²) in [6.45, 7) is 6.19. The highest BCUT2D eigenvalue weighted by Crippen LogP contribution is 2.35. The third-order valence-corrected chi connectivity index (χ3v) is 4.93. The number of pyridine rings is 2. The lowest BCUT2D eigenvalue weighted by molar-refractivity contribution is 0.534. The van der Waals surface area contributed by atoms with Crippen LogP contribution in [0.4, 0.5) is 0 Å². The monoisotopic (exact) mass is 368 g/mol. The quantitative estimate of drug-likeness (QED) is 0.404. The van der Waals surface area contributed by atoms with Crippen LogP contribution < -0.4 is 0 Å². The average molecular weight is 368 g/mol. The predicted octanol–water partition coefficient (Wildman–Crippen LogP) is 5.80. The molecule has 0 saturated heterocycles. The molecular weight excluding hydrogens is 348 g/mol. The average Bonchev–Trinajstić information content (AvgIpc) is 3.32. The van der Waals surface area contributed by atoms with E-state index in [9.17, 15) is 0 Å². The van der Waals surface area contributed by atoms with E-state index < -0.39 is 0 Å². The van der Waals surface area contributed by atoms with E-state index in [4.69, 9.17) is 9.40 Å². The second-order valence-corrected chi connectivity index (χ2v) is 7.27. The van der Waals surface area contributed by atoms with E-state index in [0.29, 0.717) is 11.8 Å². The molecule has 5 aromatic rings. The Labute approximate surface area is 162 Å². The van der Waals surface area contributed by atoms with E-state index in [-0.39, 0.29) is 0 Å². The molecule has 4 aromatic heterocycles. The van der Waals surface area contributed by atoms with Crippen LogP contribution in [0.25, 0.3) is 44.7 Å². The van der Waals surface area contributed by atoms with Gasteiger partial charge in [-0.05, 0) is 57.2 Å². The number of rotatable bonds is 3. The summed E-state index contributed by atoms with van der Waals surface area (Å²) in [6.07, 6.45) is 1.99. The van der Waals surface area contributed by atoms with Gasteiger partial charge >= 0.3 is 0 Å². The lowest BCUT2D eigenvalue weighted by atomic mass is 10.1. The smallest absolute Gasteiger partial charge is 0.227 e. The molecule has 5 heteroatoms. The Morgan fingerprint density at radius 2 is 1.64 bits per heavy atom. The molecular formula is C23H20N4O. The summed E-state index contributed by atoms with van der Waals surface area (Å²) in [5.74, 6) is 0. The predicted molar refractivity (Wildman–Crippen MR) is 111 cm³/mol. The van der Waals surface area contributed by atoms with Gasteiger partial charge in [0.25, 0.3) is 0 Å². The first-order chi connectivity index (χ1) is 13.6. The Kier molecular flexibility index (Phi) is 3.76. The van der Waals surface area contributed by atoms with Crippen molar-refractivity contribution in [3.8, 4) is 22.6 Å². The second kappa shape index (κ2) is 6.30. The molecule has 0 unspecified atom stereocenters. The van der Waals surface area contributed by atoms with Crippen molar-refractivity contribution in [2.45, 2.75) is 26.8 Å². The van der Waals surface area contributed by atoms with Crippen LogP contribution in [0, 0.1) is 6.92 Å². The highest BCUT2D eigenvalue weighted by molar-refractivity contribution is 6.08. The van der Waals surface area contributed by atoms with E-state index >= 15 is 0 Å². The summed E-state index contributed by atoms with van der Waals surface area (Å²) in [5, 5.41) is 6.72. The van der Waals surface area contributed by atoms with Gasteiger partial charge in [-0.25, -0.2) is 9.97 Å². The maximum Gasteiger partial charge on any atom is 0.227 e. The second-order valence-electron chi connectivity index (χ2n) is 7.27. The number of benzene rings is 1. The lowest BCUT2D eigenvalue weighted by Crippen LogP contribution is -2.01. The van der Waals surface area contributed by atoms with Crippen molar-refractivity contribution in [3.63, 3.8) is 0 Å². The minimum atomic E-state index is 0.317. The van der Waals surface area contributed by atoms with Crippen molar-refractivity contribution < 1.29 is 4.42 Å². The maximum atomic E-state index is 6.13. The van der Waals surface area contributed by atoms with Gasteiger partial charge in [-0.15, -0.1) is 0 Å². The molecule has 0 bridgehead atoms. The Hall–Kier alpha value is -3.47. The number of aromatic nitrogens is 4. The van der Waals surface area contributed by atoms with Crippen LogP contribution in [0.3, 0.4) is 0 Å². The number of hydrogen-bond acceptors (Lipinski definition) is 4. The third-order valence-electron chi connectivity index (χ3n) is 4.93. The first-order valence-electron chi connectivity index (χ1n) is 9.42. The summed E-state index contributed by atoms with van der Waals surface area (Å²) in [4.78, 5) is 9.40. The maximum absolute atomic E-state index is 6.13. The lowest BCUT2D eigenvalue weighted by Gasteiger charge is -2.05. The van der Waals surface area contributed by atoms with Crippen molar-refractivity contribution in [2.24, 2.45) is 0 Å². The van der Waals surface area contributed by atoms with Crippen LogP contribution in [0.5, 0.6) is 0 Å².